The largest absolute Gasteiger partial charge is 0.454 e. The average molecular weight is 390 g/mol. The summed E-state index contributed by atoms with van der Waals surface area (Å²) < 4.78 is 5.98. The lowest BCUT2D eigenvalue weighted by Crippen LogP contribution is -2.27. The zero-order valence-corrected chi connectivity index (χ0v) is 14.4. The van der Waals surface area contributed by atoms with Crippen molar-refractivity contribution in [1.82, 2.24) is 4.57 Å². The highest BCUT2D eigenvalue weighted by Crippen LogP contribution is 2.32. The predicted octanol–water partition coefficient (Wildman–Crippen LogP) is 2.99. The Labute approximate surface area is 151 Å². The SMILES string of the molecule is O=C(COC(=O)Cn1ccccc1=O)Nc1cc(Cl)c(Cl)cc1Cl. The quantitative estimate of drug-likeness (QED) is 0.630. The minimum absolute atomic E-state index is 0.194. The van der Waals surface area contributed by atoms with Crippen LogP contribution < -0.4 is 10.9 Å². The molecule has 0 atom stereocenters. The first-order valence-corrected chi connectivity index (χ1v) is 7.75. The number of carbonyl (C=O) groups excluding carboxylic acids is 2. The summed E-state index contributed by atoms with van der Waals surface area (Å²) in [7, 11) is 0. The van der Waals surface area contributed by atoms with E-state index < -0.39 is 18.5 Å². The van der Waals surface area contributed by atoms with Crippen molar-refractivity contribution in [3.63, 3.8) is 0 Å². The monoisotopic (exact) mass is 388 g/mol. The number of benzene rings is 1. The number of aromatic nitrogens is 1. The number of rotatable bonds is 5. The number of esters is 1. The van der Waals surface area contributed by atoms with Crippen molar-refractivity contribution in [2.24, 2.45) is 0 Å². The van der Waals surface area contributed by atoms with Crippen LogP contribution in [0.2, 0.25) is 15.1 Å². The van der Waals surface area contributed by atoms with Crippen LogP contribution in [0.1, 0.15) is 0 Å². The van der Waals surface area contributed by atoms with Crippen LogP contribution in [0.5, 0.6) is 0 Å². The zero-order valence-electron chi connectivity index (χ0n) is 12.1. The smallest absolute Gasteiger partial charge is 0.326 e. The minimum atomic E-state index is -0.723. The standard InChI is InChI=1S/C15H11Cl3N2O4/c16-9-5-11(18)12(6-10(9)17)19-13(21)8-24-15(23)7-20-4-2-1-3-14(20)22/h1-6H,7-8H2,(H,19,21). The second-order valence-corrected chi connectivity index (χ2v) is 5.84. The van der Waals surface area contributed by atoms with Crippen LogP contribution in [0.3, 0.4) is 0 Å². The van der Waals surface area contributed by atoms with E-state index >= 15 is 0 Å². The molecule has 0 radical (unpaired) electrons. The third-order valence-electron chi connectivity index (χ3n) is 2.85. The van der Waals surface area contributed by atoms with Crippen LogP contribution in [0, 0.1) is 0 Å². The molecule has 0 aliphatic rings. The molecule has 0 aliphatic heterocycles. The van der Waals surface area contributed by atoms with Gasteiger partial charge in [0.25, 0.3) is 11.5 Å². The van der Waals surface area contributed by atoms with E-state index in [-0.39, 0.29) is 32.9 Å². The summed E-state index contributed by atoms with van der Waals surface area (Å²) in [5.41, 5.74) is -0.104. The van der Waals surface area contributed by atoms with Crippen molar-refractivity contribution < 1.29 is 14.3 Å². The number of hydrogen-bond donors (Lipinski definition) is 1. The highest BCUT2D eigenvalue weighted by molar-refractivity contribution is 6.44. The first-order valence-electron chi connectivity index (χ1n) is 6.62. The van der Waals surface area contributed by atoms with Crippen molar-refractivity contribution >= 4 is 52.4 Å². The lowest BCUT2D eigenvalue weighted by molar-refractivity contribution is -0.147. The van der Waals surface area contributed by atoms with Gasteiger partial charge in [0.2, 0.25) is 0 Å². The van der Waals surface area contributed by atoms with Gasteiger partial charge >= 0.3 is 5.97 Å². The molecule has 1 heterocycles. The Kier molecular flexibility index (Phi) is 6.25. The van der Waals surface area contributed by atoms with Gasteiger partial charge in [-0.3, -0.25) is 14.4 Å². The van der Waals surface area contributed by atoms with Gasteiger partial charge in [0.1, 0.15) is 6.54 Å². The van der Waals surface area contributed by atoms with Gasteiger partial charge in [-0.2, -0.15) is 0 Å². The molecule has 1 amide bonds. The summed E-state index contributed by atoms with van der Waals surface area (Å²) in [6.07, 6.45) is 1.44. The molecule has 0 unspecified atom stereocenters. The number of carbonyl (C=O) groups is 2. The van der Waals surface area contributed by atoms with Gasteiger partial charge in [0, 0.05) is 12.3 Å². The van der Waals surface area contributed by atoms with Gasteiger partial charge in [0.15, 0.2) is 6.61 Å². The van der Waals surface area contributed by atoms with Crippen molar-refractivity contribution in [3.05, 3.63) is 62.0 Å². The van der Waals surface area contributed by atoms with E-state index in [0.29, 0.717) is 0 Å². The number of ether oxygens (including phenoxy) is 1. The molecule has 0 saturated heterocycles. The Morgan fingerprint density at radius 1 is 1.08 bits per heavy atom. The Bertz CT molecular complexity index is 836. The Hall–Kier alpha value is -2.02. The van der Waals surface area contributed by atoms with Crippen molar-refractivity contribution in [2.75, 3.05) is 11.9 Å². The maximum absolute atomic E-state index is 11.8. The molecule has 0 spiro atoms. The molecule has 1 N–H and O–H groups in total. The fraction of sp³-hybridized carbons (Fsp3) is 0.133. The maximum Gasteiger partial charge on any atom is 0.326 e. The van der Waals surface area contributed by atoms with Crippen molar-refractivity contribution in [1.29, 1.82) is 0 Å². The molecule has 0 bridgehead atoms. The topological polar surface area (TPSA) is 77.4 Å². The molecular formula is C15H11Cl3N2O4. The summed E-state index contributed by atoms with van der Waals surface area (Å²) in [5, 5.41) is 3.11. The summed E-state index contributed by atoms with van der Waals surface area (Å²) >= 11 is 17.6. The Morgan fingerprint density at radius 2 is 1.79 bits per heavy atom. The summed E-state index contributed by atoms with van der Waals surface area (Å²) in [4.78, 5) is 34.9. The molecule has 1 aromatic carbocycles. The Morgan fingerprint density at radius 3 is 2.50 bits per heavy atom. The van der Waals surface area contributed by atoms with Crippen molar-refractivity contribution in [3.8, 4) is 0 Å². The van der Waals surface area contributed by atoms with E-state index in [1.165, 1.54) is 24.4 Å². The normalized spacial score (nSPS) is 10.3. The first-order chi connectivity index (χ1) is 11.4. The summed E-state index contributed by atoms with van der Waals surface area (Å²) in [5.74, 6) is -1.33. The number of amides is 1. The van der Waals surface area contributed by atoms with Gasteiger partial charge < -0.3 is 14.6 Å². The number of nitrogens with zero attached hydrogens (tertiary/aromatic N) is 1. The third kappa shape index (κ3) is 4.99. The van der Waals surface area contributed by atoms with Crippen molar-refractivity contribution in [2.45, 2.75) is 6.54 Å². The number of anilines is 1. The highest BCUT2D eigenvalue weighted by atomic mass is 35.5. The first kappa shape index (κ1) is 18.3. The molecule has 0 saturated carbocycles. The lowest BCUT2D eigenvalue weighted by Gasteiger charge is -2.09. The van der Waals surface area contributed by atoms with E-state index in [2.05, 4.69) is 5.32 Å². The third-order valence-corrected chi connectivity index (χ3v) is 3.88. The van der Waals surface area contributed by atoms with Gasteiger partial charge in [-0.15, -0.1) is 0 Å². The molecule has 24 heavy (non-hydrogen) atoms. The minimum Gasteiger partial charge on any atom is -0.454 e. The fourth-order valence-corrected chi connectivity index (χ4v) is 2.32. The molecule has 0 fully saturated rings. The van der Waals surface area contributed by atoms with E-state index in [0.717, 1.165) is 4.57 Å². The maximum atomic E-state index is 11.8. The molecule has 2 aromatic rings. The summed E-state index contributed by atoms with van der Waals surface area (Å²) in [6, 6.07) is 7.24. The van der Waals surface area contributed by atoms with E-state index in [9.17, 15) is 14.4 Å². The van der Waals surface area contributed by atoms with Gasteiger partial charge in [-0.05, 0) is 18.2 Å². The zero-order chi connectivity index (χ0) is 17.7. The van der Waals surface area contributed by atoms with Crippen LogP contribution in [-0.2, 0) is 20.9 Å². The van der Waals surface area contributed by atoms with Gasteiger partial charge in [0.05, 0.1) is 20.8 Å². The lowest BCUT2D eigenvalue weighted by atomic mass is 10.3. The van der Waals surface area contributed by atoms with E-state index in [1.807, 2.05) is 0 Å². The summed E-state index contributed by atoms with van der Waals surface area (Å²) in [6.45, 7) is -0.822. The predicted molar refractivity (Wildman–Crippen MR) is 91.8 cm³/mol. The van der Waals surface area contributed by atoms with Crippen LogP contribution in [0.25, 0.3) is 0 Å². The molecule has 126 valence electrons. The van der Waals surface area contributed by atoms with Crippen LogP contribution in [0.4, 0.5) is 5.69 Å². The van der Waals surface area contributed by atoms with Gasteiger partial charge in [-0.1, -0.05) is 40.9 Å². The number of nitrogens with one attached hydrogen (secondary N) is 1. The number of hydrogen-bond acceptors (Lipinski definition) is 4. The highest BCUT2D eigenvalue weighted by Gasteiger charge is 2.12. The second kappa shape index (κ2) is 8.19. The average Bonchev–Trinajstić information content (AvgIpc) is 2.53. The van der Waals surface area contributed by atoms with Crippen LogP contribution in [0.15, 0.2) is 41.3 Å². The fourth-order valence-electron chi connectivity index (χ4n) is 1.73. The van der Waals surface area contributed by atoms with E-state index in [4.69, 9.17) is 39.5 Å². The van der Waals surface area contributed by atoms with E-state index in [1.54, 1.807) is 12.1 Å². The molecule has 6 nitrogen and oxygen atoms in total. The second-order valence-electron chi connectivity index (χ2n) is 4.62. The molecular weight excluding hydrogens is 379 g/mol. The number of halogens is 3. The van der Waals surface area contributed by atoms with Gasteiger partial charge in [-0.25, -0.2) is 0 Å². The molecule has 2 rings (SSSR count). The molecule has 0 aliphatic carbocycles. The Balaban J connectivity index is 1.89. The van der Waals surface area contributed by atoms with Crippen LogP contribution >= 0.6 is 34.8 Å². The molecule has 1 aromatic heterocycles. The number of pyridine rings is 1. The van der Waals surface area contributed by atoms with Crippen LogP contribution in [-0.4, -0.2) is 23.1 Å². The molecule has 9 heteroatoms.